The molecule has 1 aliphatic carbocycles. The van der Waals surface area contributed by atoms with Gasteiger partial charge in [0.25, 0.3) is 0 Å². The molecule has 1 aromatic rings. The van der Waals surface area contributed by atoms with E-state index in [1.807, 2.05) is 0 Å². The van der Waals surface area contributed by atoms with Crippen LogP contribution in [0, 0.1) is 5.92 Å². The molecule has 1 heterocycles. The van der Waals surface area contributed by atoms with E-state index in [4.69, 9.17) is 5.11 Å². The maximum absolute atomic E-state index is 10.8. The van der Waals surface area contributed by atoms with Gasteiger partial charge in [0, 0.05) is 13.1 Å². The molecule has 1 fully saturated rings. The van der Waals surface area contributed by atoms with E-state index in [1.165, 1.54) is 19.0 Å². The van der Waals surface area contributed by atoms with Gasteiger partial charge >= 0.3 is 5.97 Å². The van der Waals surface area contributed by atoms with Gasteiger partial charge in [0.15, 0.2) is 5.69 Å². The van der Waals surface area contributed by atoms with Gasteiger partial charge in [-0.05, 0) is 25.2 Å². The van der Waals surface area contributed by atoms with Crippen LogP contribution in [0.5, 0.6) is 0 Å². The van der Waals surface area contributed by atoms with Gasteiger partial charge in [-0.25, -0.2) is 9.78 Å². The smallest absolute Gasteiger partial charge is 0.356 e. The average Bonchev–Trinajstić information content (AvgIpc) is 3.12. The highest BCUT2D eigenvalue weighted by atomic mass is 16.4. The van der Waals surface area contributed by atoms with Crippen molar-refractivity contribution in [3.8, 4) is 0 Å². The van der Waals surface area contributed by atoms with Gasteiger partial charge in [0.05, 0.1) is 12.4 Å². The van der Waals surface area contributed by atoms with E-state index < -0.39 is 5.97 Å². The zero-order chi connectivity index (χ0) is 12.3. The first-order valence-corrected chi connectivity index (χ1v) is 6.01. The van der Waals surface area contributed by atoms with Crippen molar-refractivity contribution in [3.05, 3.63) is 18.1 Å². The molecule has 1 aromatic heterocycles. The lowest BCUT2D eigenvalue weighted by Gasteiger charge is -2.22. The van der Waals surface area contributed by atoms with Crippen molar-refractivity contribution in [1.29, 1.82) is 0 Å². The van der Waals surface area contributed by atoms with Crippen LogP contribution in [0.15, 0.2) is 12.4 Å². The van der Waals surface area contributed by atoms with Crippen molar-refractivity contribution < 1.29 is 9.90 Å². The Morgan fingerprint density at radius 1 is 1.53 bits per heavy atom. The largest absolute Gasteiger partial charge is 0.476 e. The van der Waals surface area contributed by atoms with E-state index in [9.17, 15) is 4.79 Å². The van der Waals surface area contributed by atoms with Gasteiger partial charge in [-0.3, -0.25) is 4.98 Å². The number of carboxylic acid groups (broad SMARTS) is 1. The normalized spacial score (nSPS) is 14.6. The number of rotatable bonds is 6. The van der Waals surface area contributed by atoms with E-state index in [1.54, 1.807) is 6.20 Å². The number of anilines is 1. The van der Waals surface area contributed by atoms with Gasteiger partial charge < -0.3 is 10.0 Å². The van der Waals surface area contributed by atoms with Gasteiger partial charge in [0.1, 0.15) is 5.82 Å². The number of nitrogens with zero attached hydrogens (tertiary/aromatic N) is 3. The van der Waals surface area contributed by atoms with Gasteiger partial charge in [-0.1, -0.05) is 6.92 Å². The molecule has 0 radical (unpaired) electrons. The molecular weight excluding hydrogens is 218 g/mol. The molecule has 0 bridgehead atoms. The minimum atomic E-state index is -1.03. The van der Waals surface area contributed by atoms with Crippen LogP contribution in [-0.2, 0) is 0 Å². The molecule has 0 unspecified atom stereocenters. The second-order valence-electron chi connectivity index (χ2n) is 4.46. The highest BCUT2D eigenvalue weighted by Gasteiger charge is 2.25. The minimum Gasteiger partial charge on any atom is -0.476 e. The number of aromatic nitrogens is 2. The maximum atomic E-state index is 10.8. The monoisotopic (exact) mass is 235 g/mol. The van der Waals surface area contributed by atoms with E-state index in [-0.39, 0.29) is 5.69 Å². The van der Waals surface area contributed by atoms with Crippen LogP contribution in [0.3, 0.4) is 0 Å². The summed E-state index contributed by atoms with van der Waals surface area (Å²) >= 11 is 0. The Hall–Kier alpha value is -1.65. The Morgan fingerprint density at radius 3 is 2.88 bits per heavy atom. The lowest BCUT2D eigenvalue weighted by molar-refractivity contribution is 0.0690. The maximum Gasteiger partial charge on any atom is 0.356 e. The molecule has 17 heavy (non-hydrogen) atoms. The lowest BCUT2D eigenvalue weighted by Crippen LogP contribution is -2.28. The Labute approximate surface area is 100 Å². The molecule has 0 spiro atoms. The van der Waals surface area contributed by atoms with Gasteiger partial charge in [0.2, 0.25) is 0 Å². The highest BCUT2D eigenvalue weighted by molar-refractivity contribution is 5.85. The zero-order valence-corrected chi connectivity index (χ0v) is 9.96. The average molecular weight is 235 g/mol. The van der Waals surface area contributed by atoms with Crippen LogP contribution in [0.25, 0.3) is 0 Å². The second kappa shape index (κ2) is 5.12. The predicted octanol–water partition coefficient (Wildman–Crippen LogP) is 1.80. The first-order chi connectivity index (χ1) is 8.20. The van der Waals surface area contributed by atoms with Gasteiger partial charge in [-0.15, -0.1) is 0 Å². The first-order valence-electron chi connectivity index (χ1n) is 6.01. The number of aromatic carboxylic acids is 1. The molecule has 2 rings (SSSR count). The molecule has 0 aliphatic heterocycles. The second-order valence-corrected chi connectivity index (χ2v) is 4.46. The van der Waals surface area contributed by atoms with Crippen LogP contribution in [0.1, 0.15) is 36.7 Å². The fourth-order valence-electron chi connectivity index (χ4n) is 1.79. The van der Waals surface area contributed by atoms with E-state index in [0.29, 0.717) is 5.82 Å². The number of carboxylic acids is 1. The molecule has 5 nitrogen and oxygen atoms in total. The van der Waals surface area contributed by atoms with Crippen molar-refractivity contribution in [1.82, 2.24) is 9.97 Å². The standard InChI is InChI=1S/C12H17N3O2/c1-2-5-15(8-9-3-4-9)11-7-13-6-10(14-11)12(16)17/h6-7,9H,2-5,8H2,1H3,(H,16,17). The van der Waals surface area contributed by atoms with Crippen LogP contribution >= 0.6 is 0 Å². The summed E-state index contributed by atoms with van der Waals surface area (Å²) in [5.74, 6) is 0.401. The number of hydrogen-bond donors (Lipinski definition) is 1. The Balaban J connectivity index is 2.15. The van der Waals surface area contributed by atoms with Crippen molar-refractivity contribution >= 4 is 11.8 Å². The molecule has 0 aromatic carbocycles. The van der Waals surface area contributed by atoms with Crippen molar-refractivity contribution in [2.24, 2.45) is 5.92 Å². The van der Waals surface area contributed by atoms with Crippen molar-refractivity contribution in [2.75, 3.05) is 18.0 Å². The summed E-state index contributed by atoms with van der Waals surface area (Å²) in [6.45, 7) is 3.97. The van der Waals surface area contributed by atoms with Gasteiger partial charge in [-0.2, -0.15) is 0 Å². The molecule has 1 N–H and O–H groups in total. The third kappa shape index (κ3) is 3.15. The van der Waals surface area contributed by atoms with E-state index in [2.05, 4.69) is 21.8 Å². The Bertz CT molecular complexity index is 404. The molecule has 0 saturated heterocycles. The molecular formula is C12H17N3O2. The lowest BCUT2D eigenvalue weighted by atomic mass is 10.3. The fourth-order valence-corrected chi connectivity index (χ4v) is 1.79. The number of carbonyl (C=O) groups is 1. The summed E-state index contributed by atoms with van der Waals surface area (Å²) in [5, 5.41) is 8.89. The number of hydrogen-bond acceptors (Lipinski definition) is 4. The fraction of sp³-hybridized carbons (Fsp3) is 0.583. The SMILES string of the molecule is CCCN(CC1CC1)c1cncc(C(=O)O)n1. The van der Waals surface area contributed by atoms with Crippen molar-refractivity contribution in [3.63, 3.8) is 0 Å². The third-order valence-electron chi connectivity index (χ3n) is 2.83. The van der Waals surface area contributed by atoms with E-state index >= 15 is 0 Å². The molecule has 92 valence electrons. The molecule has 1 saturated carbocycles. The third-order valence-corrected chi connectivity index (χ3v) is 2.83. The molecule has 0 atom stereocenters. The summed E-state index contributed by atoms with van der Waals surface area (Å²) in [4.78, 5) is 21.1. The van der Waals surface area contributed by atoms with E-state index in [0.717, 1.165) is 25.4 Å². The summed E-state index contributed by atoms with van der Waals surface area (Å²) in [5.41, 5.74) is 0.0133. The highest BCUT2D eigenvalue weighted by Crippen LogP contribution is 2.30. The van der Waals surface area contributed by atoms with Crippen LogP contribution in [0.2, 0.25) is 0 Å². The Kier molecular flexibility index (Phi) is 3.56. The summed E-state index contributed by atoms with van der Waals surface area (Å²) in [6.07, 6.45) is 6.49. The molecule has 5 heteroatoms. The van der Waals surface area contributed by atoms with Crippen molar-refractivity contribution in [2.45, 2.75) is 26.2 Å². The minimum absolute atomic E-state index is 0.0133. The molecule has 1 aliphatic rings. The Morgan fingerprint density at radius 2 is 2.29 bits per heavy atom. The predicted molar refractivity (Wildman–Crippen MR) is 64.2 cm³/mol. The topological polar surface area (TPSA) is 66.3 Å². The van der Waals surface area contributed by atoms with Crippen LogP contribution in [-0.4, -0.2) is 34.1 Å². The quantitative estimate of drug-likeness (QED) is 0.814. The zero-order valence-electron chi connectivity index (χ0n) is 9.96. The van der Waals surface area contributed by atoms with Crippen LogP contribution < -0.4 is 4.90 Å². The summed E-state index contributed by atoms with van der Waals surface area (Å²) in [6, 6.07) is 0. The summed E-state index contributed by atoms with van der Waals surface area (Å²) < 4.78 is 0. The van der Waals surface area contributed by atoms with Crippen LogP contribution in [0.4, 0.5) is 5.82 Å². The molecule has 0 amide bonds. The first kappa shape index (κ1) is 11.8. The summed E-state index contributed by atoms with van der Waals surface area (Å²) in [7, 11) is 0.